The number of hydrogen-bond acceptors (Lipinski definition) is 7. The lowest BCUT2D eigenvalue weighted by Crippen LogP contribution is -2.35. The number of aryl methyl sites for hydroxylation is 1. The molecule has 2 fully saturated rings. The molecule has 8 heteroatoms. The van der Waals surface area contributed by atoms with Crippen LogP contribution in [0.4, 0.5) is 0 Å². The molecule has 2 aliphatic rings. The number of ketones is 1. The molecule has 0 amide bonds. The summed E-state index contributed by atoms with van der Waals surface area (Å²) in [4.78, 5) is 25.7. The molecular formula is C30H34N4O3S. The highest BCUT2D eigenvalue weighted by molar-refractivity contribution is 7.14. The Balaban J connectivity index is 1.08. The van der Waals surface area contributed by atoms with Gasteiger partial charge in [-0.25, -0.2) is 9.97 Å². The normalized spacial score (nSPS) is 18.5. The summed E-state index contributed by atoms with van der Waals surface area (Å²) in [5.41, 5.74) is 4.64. The first-order valence-electron chi connectivity index (χ1n) is 13.5. The highest BCUT2D eigenvalue weighted by atomic mass is 32.1. The van der Waals surface area contributed by atoms with E-state index in [4.69, 9.17) is 19.4 Å². The number of thiophene rings is 1. The van der Waals surface area contributed by atoms with Crippen LogP contribution in [0.1, 0.15) is 63.7 Å². The van der Waals surface area contributed by atoms with Gasteiger partial charge in [0.15, 0.2) is 5.78 Å². The molecule has 0 saturated carbocycles. The molecule has 6 rings (SSSR count). The number of nitrogens with zero attached hydrogens (tertiary/aromatic N) is 4. The zero-order valence-corrected chi connectivity index (χ0v) is 22.9. The Bertz CT molecular complexity index is 1430. The van der Waals surface area contributed by atoms with E-state index in [1.807, 2.05) is 24.3 Å². The maximum atomic E-state index is 11.5. The third-order valence-corrected chi connectivity index (χ3v) is 8.81. The van der Waals surface area contributed by atoms with Gasteiger partial charge in [0.1, 0.15) is 12.4 Å². The van der Waals surface area contributed by atoms with Gasteiger partial charge in [-0.1, -0.05) is 12.1 Å². The molecule has 0 aliphatic carbocycles. The minimum absolute atomic E-state index is 0.0902. The van der Waals surface area contributed by atoms with E-state index in [1.54, 1.807) is 6.92 Å². The molecule has 2 saturated heterocycles. The molecule has 2 aliphatic heterocycles. The molecule has 4 aromatic rings. The second kappa shape index (κ2) is 11.0. The van der Waals surface area contributed by atoms with E-state index >= 15 is 0 Å². The van der Waals surface area contributed by atoms with E-state index in [0.717, 1.165) is 78.8 Å². The van der Waals surface area contributed by atoms with Crippen LogP contribution < -0.4 is 4.74 Å². The van der Waals surface area contributed by atoms with Gasteiger partial charge in [-0.05, 0) is 82.1 Å². The average Bonchev–Trinajstić information content (AvgIpc) is 3.50. The van der Waals surface area contributed by atoms with Gasteiger partial charge >= 0.3 is 0 Å². The molecule has 0 N–H and O–H groups in total. The van der Waals surface area contributed by atoms with E-state index in [1.165, 1.54) is 22.4 Å². The Kier molecular flexibility index (Phi) is 7.28. The number of pyridine rings is 1. The van der Waals surface area contributed by atoms with Crippen molar-refractivity contribution in [3.05, 3.63) is 75.4 Å². The second-order valence-corrected chi connectivity index (χ2v) is 11.6. The standard InChI is InChI=1S/C30H34N4O3S/c1-20-6-8-26-27(16-20)34(17-23-12-15-36-23)29(31-26)18-33-13-10-22(11-14-33)25-4-3-5-30(32-25)37-19-24-7-9-28(38-24)21(2)35/h3-9,16,22-23H,10-15,17-19H2,1-2H3/t23-/m0/s1. The molecule has 0 radical (unpaired) electrons. The Morgan fingerprint density at radius 1 is 1.11 bits per heavy atom. The first-order valence-corrected chi connectivity index (χ1v) is 14.3. The van der Waals surface area contributed by atoms with Crippen molar-refractivity contribution in [2.75, 3.05) is 19.7 Å². The van der Waals surface area contributed by atoms with Gasteiger partial charge in [0, 0.05) is 29.2 Å². The lowest BCUT2D eigenvalue weighted by molar-refractivity contribution is -0.0592. The molecule has 5 heterocycles. The van der Waals surface area contributed by atoms with Gasteiger partial charge in [-0.2, -0.15) is 0 Å². The number of hydrogen-bond donors (Lipinski definition) is 0. The van der Waals surface area contributed by atoms with Gasteiger partial charge in [-0.15, -0.1) is 11.3 Å². The van der Waals surface area contributed by atoms with Crippen LogP contribution in [0, 0.1) is 6.92 Å². The highest BCUT2D eigenvalue weighted by Crippen LogP contribution is 2.30. The predicted octanol–water partition coefficient (Wildman–Crippen LogP) is 5.75. The van der Waals surface area contributed by atoms with Crippen LogP contribution in [-0.4, -0.2) is 51.0 Å². The van der Waals surface area contributed by atoms with Crippen LogP contribution in [0.15, 0.2) is 48.5 Å². The van der Waals surface area contributed by atoms with E-state index in [9.17, 15) is 4.79 Å². The number of fused-ring (bicyclic) bond motifs is 1. The molecule has 1 atom stereocenters. The van der Waals surface area contributed by atoms with Crippen LogP contribution in [0.25, 0.3) is 11.0 Å². The first-order chi connectivity index (χ1) is 18.5. The number of carbonyl (C=O) groups excluding carboxylic acids is 1. The zero-order valence-electron chi connectivity index (χ0n) is 22.1. The van der Waals surface area contributed by atoms with Crippen molar-refractivity contribution in [2.24, 2.45) is 0 Å². The highest BCUT2D eigenvalue weighted by Gasteiger charge is 2.26. The molecule has 38 heavy (non-hydrogen) atoms. The summed E-state index contributed by atoms with van der Waals surface area (Å²) >= 11 is 1.48. The fraction of sp³-hybridized carbons (Fsp3) is 0.433. The SMILES string of the molecule is CC(=O)c1ccc(COc2cccc(C3CCN(Cc4nc5ccc(C)cc5n4C[C@@H]4CCO4)CC3)n2)s1. The summed E-state index contributed by atoms with van der Waals surface area (Å²) in [5, 5.41) is 0. The second-order valence-electron chi connectivity index (χ2n) is 10.5. The summed E-state index contributed by atoms with van der Waals surface area (Å²) in [6.45, 7) is 8.80. The fourth-order valence-corrected chi connectivity index (χ4v) is 6.17. The van der Waals surface area contributed by atoms with Crippen molar-refractivity contribution in [1.82, 2.24) is 19.4 Å². The number of ether oxygens (including phenoxy) is 2. The average molecular weight is 531 g/mol. The quantitative estimate of drug-likeness (QED) is 0.257. The Morgan fingerprint density at radius 2 is 1.95 bits per heavy atom. The van der Waals surface area contributed by atoms with Gasteiger partial charge in [0.2, 0.25) is 5.88 Å². The van der Waals surface area contributed by atoms with E-state index in [2.05, 4.69) is 40.7 Å². The van der Waals surface area contributed by atoms with Crippen molar-refractivity contribution in [3.8, 4) is 5.88 Å². The monoisotopic (exact) mass is 530 g/mol. The first kappa shape index (κ1) is 25.2. The number of aromatic nitrogens is 3. The number of benzene rings is 1. The Morgan fingerprint density at radius 3 is 2.68 bits per heavy atom. The minimum atomic E-state index is 0.0902. The third-order valence-electron chi connectivity index (χ3n) is 7.65. The smallest absolute Gasteiger partial charge is 0.213 e. The molecule has 198 valence electrons. The Hall–Kier alpha value is -3.07. The minimum Gasteiger partial charge on any atom is -0.472 e. The summed E-state index contributed by atoms with van der Waals surface area (Å²) < 4.78 is 14.1. The van der Waals surface area contributed by atoms with Gasteiger partial charge in [0.05, 0.1) is 35.1 Å². The van der Waals surface area contributed by atoms with Gasteiger partial charge < -0.3 is 14.0 Å². The number of likely N-dealkylation sites (tertiary alicyclic amines) is 1. The number of piperidine rings is 1. The van der Waals surface area contributed by atoms with E-state index < -0.39 is 0 Å². The van der Waals surface area contributed by atoms with Crippen molar-refractivity contribution in [2.45, 2.75) is 64.8 Å². The van der Waals surface area contributed by atoms with Gasteiger partial charge in [0.25, 0.3) is 0 Å². The van der Waals surface area contributed by atoms with Crippen LogP contribution >= 0.6 is 11.3 Å². The van der Waals surface area contributed by atoms with Crippen molar-refractivity contribution in [3.63, 3.8) is 0 Å². The molecule has 0 unspecified atom stereocenters. The fourth-order valence-electron chi connectivity index (χ4n) is 5.35. The number of rotatable bonds is 9. The summed E-state index contributed by atoms with van der Waals surface area (Å²) in [6, 6.07) is 16.4. The van der Waals surface area contributed by atoms with E-state index in [0.29, 0.717) is 24.5 Å². The van der Waals surface area contributed by atoms with Crippen LogP contribution in [0.2, 0.25) is 0 Å². The number of carbonyl (C=O) groups is 1. The molecule has 3 aromatic heterocycles. The topological polar surface area (TPSA) is 69.5 Å². The third kappa shape index (κ3) is 5.53. The largest absolute Gasteiger partial charge is 0.472 e. The van der Waals surface area contributed by atoms with Crippen molar-refractivity contribution in [1.29, 1.82) is 0 Å². The number of imidazole rings is 1. The van der Waals surface area contributed by atoms with Crippen molar-refractivity contribution < 1.29 is 14.3 Å². The van der Waals surface area contributed by atoms with E-state index in [-0.39, 0.29) is 5.78 Å². The molecule has 0 bridgehead atoms. The molecule has 0 spiro atoms. The lowest BCUT2D eigenvalue weighted by atomic mass is 9.93. The van der Waals surface area contributed by atoms with Crippen LogP contribution in [-0.2, 0) is 24.4 Å². The molecule has 1 aromatic carbocycles. The Labute approximate surface area is 227 Å². The van der Waals surface area contributed by atoms with Crippen molar-refractivity contribution >= 4 is 28.2 Å². The lowest BCUT2D eigenvalue weighted by Gasteiger charge is -2.32. The summed E-state index contributed by atoms with van der Waals surface area (Å²) in [7, 11) is 0. The van der Waals surface area contributed by atoms with Crippen LogP contribution in [0.3, 0.4) is 0 Å². The molecular weight excluding hydrogens is 496 g/mol. The maximum Gasteiger partial charge on any atom is 0.213 e. The predicted molar refractivity (Wildman–Crippen MR) is 149 cm³/mol. The zero-order chi connectivity index (χ0) is 26.1. The number of Topliss-reactive ketones (excluding diaryl/α,β-unsaturated/α-hetero) is 1. The summed E-state index contributed by atoms with van der Waals surface area (Å²) in [5.74, 6) is 2.29. The van der Waals surface area contributed by atoms with Crippen LogP contribution in [0.5, 0.6) is 5.88 Å². The van der Waals surface area contributed by atoms with Gasteiger partial charge in [-0.3, -0.25) is 9.69 Å². The molecule has 7 nitrogen and oxygen atoms in total. The maximum absolute atomic E-state index is 11.5. The summed E-state index contributed by atoms with van der Waals surface area (Å²) in [6.07, 6.45) is 3.55.